The Bertz CT molecular complexity index is 526. The minimum atomic E-state index is 0.669. The number of methoxy groups -OCH3 is 1. The number of rotatable bonds is 5. The lowest BCUT2D eigenvalue weighted by molar-refractivity contribution is 0.185. The van der Waals surface area contributed by atoms with Gasteiger partial charge >= 0.3 is 0 Å². The van der Waals surface area contributed by atoms with Gasteiger partial charge in [-0.1, -0.05) is 37.1 Å². The summed E-state index contributed by atoms with van der Waals surface area (Å²) in [7, 11) is 1.73. The van der Waals surface area contributed by atoms with E-state index in [1.165, 1.54) is 49.9 Å². The van der Waals surface area contributed by atoms with Crippen molar-refractivity contribution in [3.05, 3.63) is 35.4 Å². The van der Waals surface area contributed by atoms with E-state index in [2.05, 4.69) is 41.4 Å². The molecular weight excluding hydrogens is 298 g/mol. The highest BCUT2D eigenvalue weighted by molar-refractivity contribution is 5.80. The molecule has 1 aromatic rings. The summed E-state index contributed by atoms with van der Waals surface area (Å²) in [4.78, 5) is 7.39. The smallest absolute Gasteiger partial charge is 0.194 e. The molecule has 4 nitrogen and oxygen atoms in total. The normalized spacial score (nSPS) is 24.1. The predicted molar refractivity (Wildman–Crippen MR) is 99.0 cm³/mol. The Morgan fingerprint density at radius 2 is 1.75 bits per heavy atom. The lowest BCUT2D eigenvalue weighted by Gasteiger charge is -2.22. The van der Waals surface area contributed by atoms with E-state index in [1.807, 2.05) is 0 Å². The number of hydrogen-bond acceptors (Lipinski definition) is 2. The highest BCUT2D eigenvalue weighted by Crippen LogP contribution is 2.35. The van der Waals surface area contributed by atoms with Gasteiger partial charge in [-0.2, -0.15) is 0 Å². The third-order valence-corrected chi connectivity index (χ3v) is 5.36. The molecule has 1 aromatic carbocycles. The number of fused-ring (bicyclic) bond motifs is 1. The van der Waals surface area contributed by atoms with Crippen LogP contribution < -0.4 is 5.32 Å². The van der Waals surface area contributed by atoms with Gasteiger partial charge in [0.25, 0.3) is 0 Å². The number of benzene rings is 1. The summed E-state index contributed by atoms with van der Waals surface area (Å²) in [5.41, 5.74) is 2.46. The second kappa shape index (κ2) is 8.52. The van der Waals surface area contributed by atoms with Gasteiger partial charge in [0, 0.05) is 26.7 Å². The first-order valence-corrected chi connectivity index (χ1v) is 9.40. The number of nitrogens with zero attached hydrogens (tertiary/aromatic N) is 2. The van der Waals surface area contributed by atoms with Gasteiger partial charge in [-0.05, 0) is 42.7 Å². The molecule has 1 aliphatic carbocycles. The van der Waals surface area contributed by atoms with Gasteiger partial charge in [0.1, 0.15) is 0 Å². The van der Waals surface area contributed by atoms with Crippen molar-refractivity contribution in [2.45, 2.75) is 45.8 Å². The Morgan fingerprint density at radius 3 is 2.33 bits per heavy atom. The molecule has 0 aromatic heterocycles. The van der Waals surface area contributed by atoms with Crippen molar-refractivity contribution < 1.29 is 4.74 Å². The number of nitrogens with one attached hydrogen (secondary N) is 1. The monoisotopic (exact) mass is 329 g/mol. The fourth-order valence-electron chi connectivity index (χ4n) is 4.08. The molecule has 0 spiro atoms. The van der Waals surface area contributed by atoms with E-state index in [0.29, 0.717) is 6.61 Å². The minimum absolute atomic E-state index is 0.669. The lowest BCUT2D eigenvalue weighted by Crippen LogP contribution is -2.40. The summed E-state index contributed by atoms with van der Waals surface area (Å²) >= 11 is 0. The standard InChI is InChI=1S/C20H31N3O/c1-3-21-20(23-13-18-6-4-5-7-19(18)14-23)22-12-16-8-10-17(11-9-16)15-24-2/h8-11,18-19H,3-7,12-15H2,1-2H3,(H,21,22). The zero-order chi connectivity index (χ0) is 16.8. The molecule has 0 amide bonds. The van der Waals surface area contributed by atoms with Gasteiger partial charge in [0.05, 0.1) is 13.2 Å². The molecule has 1 saturated carbocycles. The van der Waals surface area contributed by atoms with Crippen molar-refractivity contribution >= 4 is 5.96 Å². The van der Waals surface area contributed by atoms with Crippen molar-refractivity contribution in [1.82, 2.24) is 10.2 Å². The van der Waals surface area contributed by atoms with Gasteiger partial charge in [0.15, 0.2) is 5.96 Å². The zero-order valence-corrected chi connectivity index (χ0v) is 15.1. The molecule has 24 heavy (non-hydrogen) atoms. The highest BCUT2D eigenvalue weighted by Gasteiger charge is 2.35. The third kappa shape index (κ3) is 4.29. The molecule has 1 aliphatic heterocycles. The Kier molecular flexibility index (Phi) is 6.13. The molecule has 2 fully saturated rings. The summed E-state index contributed by atoms with van der Waals surface area (Å²) in [6, 6.07) is 8.58. The average Bonchev–Trinajstić information content (AvgIpc) is 3.04. The van der Waals surface area contributed by atoms with E-state index in [9.17, 15) is 0 Å². The number of hydrogen-bond donors (Lipinski definition) is 1. The van der Waals surface area contributed by atoms with Gasteiger partial charge in [-0.25, -0.2) is 4.99 Å². The van der Waals surface area contributed by atoms with Gasteiger partial charge in [0.2, 0.25) is 0 Å². The van der Waals surface area contributed by atoms with E-state index < -0.39 is 0 Å². The van der Waals surface area contributed by atoms with E-state index in [-0.39, 0.29) is 0 Å². The fourth-order valence-corrected chi connectivity index (χ4v) is 4.08. The fraction of sp³-hybridized carbons (Fsp3) is 0.650. The first-order valence-electron chi connectivity index (χ1n) is 9.40. The van der Waals surface area contributed by atoms with Crippen LogP contribution in [0.25, 0.3) is 0 Å². The topological polar surface area (TPSA) is 36.9 Å². The third-order valence-electron chi connectivity index (χ3n) is 5.36. The second-order valence-corrected chi connectivity index (χ2v) is 7.13. The average molecular weight is 329 g/mol. The van der Waals surface area contributed by atoms with Gasteiger partial charge in [-0.15, -0.1) is 0 Å². The Hall–Kier alpha value is -1.55. The van der Waals surface area contributed by atoms with Gasteiger partial charge in [-0.3, -0.25) is 0 Å². The lowest BCUT2D eigenvalue weighted by atomic mass is 9.82. The molecular formula is C20H31N3O. The van der Waals surface area contributed by atoms with Crippen molar-refractivity contribution in [1.29, 1.82) is 0 Å². The van der Waals surface area contributed by atoms with Crippen LogP contribution in [-0.2, 0) is 17.9 Å². The maximum absolute atomic E-state index is 5.17. The SMILES string of the molecule is CCNC(=NCc1ccc(COC)cc1)N1CC2CCCCC2C1. The summed E-state index contributed by atoms with van der Waals surface area (Å²) in [6.07, 6.45) is 5.64. The molecule has 1 heterocycles. The quantitative estimate of drug-likeness (QED) is 0.664. The largest absolute Gasteiger partial charge is 0.380 e. The number of likely N-dealkylation sites (tertiary alicyclic amines) is 1. The van der Waals surface area contributed by atoms with Crippen LogP contribution in [0.1, 0.15) is 43.7 Å². The number of ether oxygens (including phenoxy) is 1. The van der Waals surface area contributed by atoms with E-state index in [0.717, 1.165) is 30.9 Å². The maximum atomic E-state index is 5.17. The number of guanidine groups is 1. The van der Waals surface area contributed by atoms with E-state index >= 15 is 0 Å². The van der Waals surface area contributed by atoms with Crippen LogP contribution in [0.5, 0.6) is 0 Å². The Morgan fingerprint density at radius 1 is 1.12 bits per heavy atom. The molecule has 0 radical (unpaired) electrons. The molecule has 132 valence electrons. The maximum Gasteiger partial charge on any atom is 0.194 e. The van der Waals surface area contributed by atoms with Crippen LogP contribution in [-0.4, -0.2) is 37.6 Å². The molecule has 1 saturated heterocycles. The Balaban J connectivity index is 1.63. The summed E-state index contributed by atoms with van der Waals surface area (Å²) in [6.45, 7) is 6.85. The number of aliphatic imine (C=N–C) groups is 1. The molecule has 0 bridgehead atoms. The van der Waals surface area contributed by atoms with Crippen molar-refractivity contribution in [2.75, 3.05) is 26.7 Å². The van der Waals surface area contributed by atoms with Crippen LogP contribution >= 0.6 is 0 Å². The van der Waals surface area contributed by atoms with E-state index in [4.69, 9.17) is 9.73 Å². The first kappa shape index (κ1) is 17.3. The van der Waals surface area contributed by atoms with Crippen molar-refractivity contribution in [2.24, 2.45) is 16.8 Å². The molecule has 1 N–H and O–H groups in total. The van der Waals surface area contributed by atoms with Crippen LogP contribution in [0.3, 0.4) is 0 Å². The minimum Gasteiger partial charge on any atom is -0.380 e. The van der Waals surface area contributed by atoms with Crippen LogP contribution in [0.15, 0.2) is 29.3 Å². The highest BCUT2D eigenvalue weighted by atomic mass is 16.5. The Labute approximate surface area is 146 Å². The first-order chi connectivity index (χ1) is 11.8. The molecule has 4 heteroatoms. The van der Waals surface area contributed by atoms with Crippen molar-refractivity contribution in [3.8, 4) is 0 Å². The zero-order valence-electron chi connectivity index (χ0n) is 15.1. The van der Waals surface area contributed by atoms with Gasteiger partial charge < -0.3 is 15.0 Å². The summed E-state index contributed by atoms with van der Waals surface area (Å²) in [5.74, 6) is 2.86. The molecule has 2 unspecified atom stereocenters. The second-order valence-electron chi connectivity index (χ2n) is 7.13. The summed E-state index contributed by atoms with van der Waals surface area (Å²) < 4.78 is 5.17. The van der Waals surface area contributed by atoms with Crippen molar-refractivity contribution in [3.63, 3.8) is 0 Å². The molecule has 3 rings (SSSR count). The van der Waals surface area contributed by atoms with Crippen LogP contribution in [0.2, 0.25) is 0 Å². The van der Waals surface area contributed by atoms with Crippen LogP contribution in [0.4, 0.5) is 0 Å². The molecule has 2 atom stereocenters. The van der Waals surface area contributed by atoms with Crippen LogP contribution in [0, 0.1) is 11.8 Å². The molecule has 2 aliphatic rings. The van der Waals surface area contributed by atoms with E-state index in [1.54, 1.807) is 7.11 Å². The summed E-state index contributed by atoms with van der Waals surface area (Å²) in [5, 5.41) is 3.49. The predicted octanol–water partition coefficient (Wildman–Crippen LogP) is 3.42.